The molecule has 0 aliphatic carbocycles. The van der Waals surface area contributed by atoms with Gasteiger partial charge < -0.3 is 27.6 Å². The number of carbonyl (C=O) groups excluding carboxylic acids is 2. The molecule has 1 amide bonds. The number of hydrogen-bond acceptors (Lipinski definition) is 5. The van der Waals surface area contributed by atoms with Crippen LogP contribution in [0.2, 0.25) is 0 Å². The maximum atomic E-state index is 11.8. The summed E-state index contributed by atoms with van der Waals surface area (Å²) in [4.78, 5) is 37.4. The van der Waals surface area contributed by atoms with Gasteiger partial charge in [0.15, 0.2) is 11.7 Å². The van der Waals surface area contributed by atoms with Crippen molar-refractivity contribution in [1.29, 1.82) is 0 Å². The number of rotatable bonds is 10. The van der Waals surface area contributed by atoms with Crippen molar-refractivity contribution < 1.29 is 19.5 Å². The molecule has 0 saturated heterocycles. The van der Waals surface area contributed by atoms with Crippen molar-refractivity contribution in [2.45, 2.75) is 44.7 Å². The second-order valence-electron chi connectivity index (χ2n) is 4.66. The number of amides is 1. The molecule has 0 saturated carbocycles. The first-order valence-corrected chi connectivity index (χ1v) is 6.57. The standard InChI is InChI=1S/C12H23N5O4/c1-7(18)9(4-5-10(19)20)17-11(21)8(13)3-2-6-16-12(14)15/h8-9H,2-6,13H2,1H3,(H,17,21)(H,19,20)(H4,14,15,16). The SMILES string of the molecule is CC(=O)C(CCC(=O)O)NC(=O)C(N)CCCN=C(N)N. The van der Waals surface area contributed by atoms with Gasteiger partial charge >= 0.3 is 5.97 Å². The molecule has 120 valence electrons. The van der Waals surface area contributed by atoms with Crippen molar-refractivity contribution in [1.82, 2.24) is 5.32 Å². The number of nitrogens with zero attached hydrogens (tertiary/aromatic N) is 1. The van der Waals surface area contributed by atoms with Crippen molar-refractivity contribution in [3.05, 3.63) is 0 Å². The van der Waals surface area contributed by atoms with Crippen molar-refractivity contribution >= 4 is 23.6 Å². The fourth-order valence-electron chi connectivity index (χ4n) is 1.57. The molecule has 0 radical (unpaired) electrons. The number of hydrogen-bond donors (Lipinski definition) is 5. The van der Waals surface area contributed by atoms with E-state index in [2.05, 4.69) is 10.3 Å². The Morgan fingerprint density at radius 1 is 1.24 bits per heavy atom. The Balaban J connectivity index is 4.24. The molecular formula is C12H23N5O4. The van der Waals surface area contributed by atoms with E-state index >= 15 is 0 Å². The van der Waals surface area contributed by atoms with Gasteiger partial charge in [0.2, 0.25) is 5.91 Å². The number of aliphatic carboxylic acids is 1. The number of Topliss-reactive ketones (excluding diaryl/α,β-unsaturated/α-hetero) is 1. The van der Waals surface area contributed by atoms with E-state index in [1.807, 2.05) is 0 Å². The Morgan fingerprint density at radius 3 is 2.33 bits per heavy atom. The highest BCUT2D eigenvalue weighted by molar-refractivity contribution is 5.89. The lowest BCUT2D eigenvalue weighted by atomic mass is 10.1. The van der Waals surface area contributed by atoms with E-state index in [0.717, 1.165) is 0 Å². The van der Waals surface area contributed by atoms with E-state index in [9.17, 15) is 14.4 Å². The summed E-state index contributed by atoms with van der Waals surface area (Å²) in [5, 5.41) is 11.1. The lowest BCUT2D eigenvalue weighted by molar-refractivity contribution is -0.137. The Labute approximate surface area is 122 Å². The smallest absolute Gasteiger partial charge is 0.303 e. The molecule has 2 unspecified atom stereocenters. The third-order valence-corrected chi connectivity index (χ3v) is 2.76. The summed E-state index contributed by atoms with van der Waals surface area (Å²) in [7, 11) is 0. The number of carbonyl (C=O) groups is 3. The first-order valence-electron chi connectivity index (χ1n) is 6.57. The van der Waals surface area contributed by atoms with Crippen molar-refractivity contribution in [2.24, 2.45) is 22.2 Å². The predicted molar refractivity (Wildman–Crippen MR) is 77.4 cm³/mol. The predicted octanol–water partition coefficient (Wildman–Crippen LogP) is -1.69. The first-order chi connectivity index (χ1) is 9.73. The van der Waals surface area contributed by atoms with E-state index < -0.39 is 24.0 Å². The number of aliphatic imine (C=N–C) groups is 1. The molecule has 9 nitrogen and oxygen atoms in total. The monoisotopic (exact) mass is 301 g/mol. The van der Waals surface area contributed by atoms with Crippen LogP contribution in [0.15, 0.2) is 4.99 Å². The van der Waals surface area contributed by atoms with E-state index in [1.165, 1.54) is 6.92 Å². The van der Waals surface area contributed by atoms with Gasteiger partial charge in [0.25, 0.3) is 0 Å². The van der Waals surface area contributed by atoms with Crippen molar-refractivity contribution in [3.8, 4) is 0 Å². The van der Waals surface area contributed by atoms with Crippen LogP contribution in [-0.2, 0) is 14.4 Å². The van der Waals surface area contributed by atoms with Crippen LogP contribution < -0.4 is 22.5 Å². The maximum absolute atomic E-state index is 11.8. The molecule has 0 aromatic carbocycles. The van der Waals surface area contributed by atoms with Crippen LogP contribution in [0.5, 0.6) is 0 Å². The average molecular weight is 301 g/mol. The Kier molecular flexibility index (Phi) is 8.70. The van der Waals surface area contributed by atoms with Crippen molar-refractivity contribution in [3.63, 3.8) is 0 Å². The Bertz CT molecular complexity index is 406. The van der Waals surface area contributed by atoms with Crippen molar-refractivity contribution in [2.75, 3.05) is 6.54 Å². The zero-order valence-electron chi connectivity index (χ0n) is 12.0. The van der Waals surface area contributed by atoms with Gasteiger partial charge in [-0.15, -0.1) is 0 Å². The molecule has 8 N–H and O–H groups in total. The first kappa shape index (κ1) is 18.8. The highest BCUT2D eigenvalue weighted by atomic mass is 16.4. The van der Waals surface area contributed by atoms with Gasteiger partial charge in [-0.3, -0.25) is 19.4 Å². The van der Waals surface area contributed by atoms with E-state index in [0.29, 0.717) is 19.4 Å². The van der Waals surface area contributed by atoms with Gasteiger partial charge in [0.05, 0.1) is 12.1 Å². The quantitative estimate of drug-likeness (QED) is 0.182. The van der Waals surface area contributed by atoms with Gasteiger partial charge in [-0.25, -0.2) is 0 Å². The normalized spacial score (nSPS) is 13.0. The Hall–Kier alpha value is -2.16. The number of ketones is 1. The second kappa shape index (κ2) is 9.70. The maximum Gasteiger partial charge on any atom is 0.303 e. The van der Waals surface area contributed by atoms with Crippen LogP contribution in [-0.4, -0.2) is 47.4 Å². The van der Waals surface area contributed by atoms with Gasteiger partial charge in [0.1, 0.15) is 0 Å². The zero-order chi connectivity index (χ0) is 16.4. The summed E-state index contributed by atoms with van der Waals surface area (Å²) in [6.45, 7) is 1.65. The molecule has 0 aliphatic heterocycles. The highest BCUT2D eigenvalue weighted by Crippen LogP contribution is 2.02. The molecule has 0 heterocycles. The molecule has 0 rings (SSSR count). The third kappa shape index (κ3) is 9.38. The fourth-order valence-corrected chi connectivity index (χ4v) is 1.57. The summed E-state index contributed by atoms with van der Waals surface area (Å²) >= 11 is 0. The van der Waals surface area contributed by atoms with Crippen LogP contribution >= 0.6 is 0 Å². The summed E-state index contributed by atoms with van der Waals surface area (Å²) in [6.07, 6.45) is 0.708. The van der Waals surface area contributed by atoms with Gasteiger partial charge in [0, 0.05) is 13.0 Å². The van der Waals surface area contributed by atoms with E-state index in [4.69, 9.17) is 22.3 Å². The lowest BCUT2D eigenvalue weighted by Gasteiger charge is -2.18. The minimum atomic E-state index is -1.03. The van der Waals surface area contributed by atoms with Crippen LogP contribution in [0, 0.1) is 0 Å². The molecule has 0 spiro atoms. The Morgan fingerprint density at radius 2 is 1.86 bits per heavy atom. The summed E-state index contributed by atoms with van der Waals surface area (Å²) in [5.41, 5.74) is 16.0. The average Bonchev–Trinajstić information content (AvgIpc) is 2.38. The number of guanidine groups is 1. The zero-order valence-corrected chi connectivity index (χ0v) is 12.0. The van der Waals surface area contributed by atoms with Crippen LogP contribution in [0.3, 0.4) is 0 Å². The minimum absolute atomic E-state index is 0.0293. The molecule has 21 heavy (non-hydrogen) atoms. The fraction of sp³-hybridized carbons (Fsp3) is 0.667. The molecule has 0 aliphatic rings. The topological polar surface area (TPSA) is 174 Å². The largest absolute Gasteiger partial charge is 0.481 e. The molecule has 2 atom stereocenters. The minimum Gasteiger partial charge on any atom is -0.481 e. The highest BCUT2D eigenvalue weighted by Gasteiger charge is 2.21. The van der Waals surface area contributed by atoms with Gasteiger partial charge in [-0.05, 0) is 26.2 Å². The molecule has 0 fully saturated rings. The molecular weight excluding hydrogens is 278 g/mol. The van der Waals surface area contributed by atoms with Gasteiger partial charge in [-0.1, -0.05) is 0 Å². The molecule has 0 aromatic heterocycles. The number of carboxylic acid groups (broad SMARTS) is 1. The number of nitrogens with one attached hydrogen (secondary N) is 1. The summed E-state index contributed by atoms with van der Waals surface area (Å²) in [6, 6.07) is -1.64. The van der Waals surface area contributed by atoms with Gasteiger partial charge in [-0.2, -0.15) is 0 Å². The number of carboxylic acids is 1. The molecule has 0 bridgehead atoms. The lowest BCUT2D eigenvalue weighted by Crippen LogP contribution is -2.48. The summed E-state index contributed by atoms with van der Waals surface area (Å²) < 4.78 is 0. The number of nitrogens with two attached hydrogens (primary N) is 3. The molecule has 9 heteroatoms. The second-order valence-corrected chi connectivity index (χ2v) is 4.66. The molecule has 0 aromatic rings. The summed E-state index contributed by atoms with van der Waals surface area (Å²) in [5.74, 6) is -1.86. The third-order valence-electron chi connectivity index (χ3n) is 2.76. The van der Waals surface area contributed by atoms with Crippen LogP contribution in [0.1, 0.15) is 32.6 Å². The van der Waals surface area contributed by atoms with Crippen LogP contribution in [0.4, 0.5) is 0 Å². The van der Waals surface area contributed by atoms with E-state index in [-0.39, 0.29) is 24.6 Å². The van der Waals surface area contributed by atoms with E-state index in [1.54, 1.807) is 0 Å². The van der Waals surface area contributed by atoms with Crippen LogP contribution in [0.25, 0.3) is 0 Å².